The number of halogens is 7. The first-order valence-electron chi connectivity index (χ1n) is 7.63. The van der Waals surface area contributed by atoms with Crippen LogP contribution in [0.15, 0.2) is 0 Å². The van der Waals surface area contributed by atoms with Gasteiger partial charge >= 0.3 is 18.0 Å². The Labute approximate surface area is 130 Å². The van der Waals surface area contributed by atoms with Crippen LogP contribution in [0.5, 0.6) is 0 Å². The molecule has 0 amide bonds. The van der Waals surface area contributed by atoms with Gasteiger partial charge in [-0.2, -0.15) is 30.7 Å². The lowest BCUT2D eigenvalue weighted by atomic mass is 10.0. The van der Waals surface area contributed by atoms with Crippen LogP contribution in [0.25, 0.3) is 0 Å². The Morgan fingerprint density at radius 1 is 0.870 bits per heavy atom. The third kappa shape index (κ3) is 6.10. The average molecular weight is 354 g/mol. The van der Waals surface area contributed by atoms with Crippen molar-refractivity contribution in [2.45, 2.75) is 75.7 Å². The van der Waals surface area contributed by atoms with Gasteiger partial charge in [-0.1, -0.05) is 19.3 Å². The summed E-state index contributed by atoms with van der Waals surface area (Å²) in [6.45, 7) is 1.12. The number of ether oxygens (including phenoxy) is 2. The summed E-state index contributed by atoms with van der Waals surface area (Å²) >= 11 is 0. The second-order valence-electron chi connectivity index (χ2n) is 5.61. The Hall–Kier alpha value is -0.570. The van der Waals surface area contributed by atoms with Crippen LogP contribution in [0, 0.1) is 0 Å². The first-order valence-corrected chi connectivity index (χ1v) is 7.63. The van der Waals surface area contributed by atoms with Gasteiger partial charge in [-0.15, -0.1) is 0 Å². The minimum absolute atomic E-state index is 0.170. The molecule has 0 N–H and O–H groups in total. The zero-order valence-corrected chi connectivity index (χ0v) is 12.6. The molecule has 9 heteroatoms. The van der Waals surface area contributed by atoms with Crippen LogP contribution in [0.4, 0.5) is 30.7 Å². The third-order valence-corrected chi connectivity index (χ3v) is 3.64. The minimum Gasteiger partial charge on any atom is -0.353 e. The molecule has 0 bridgehead atoms. The quantitative estimate of drug-likeness (QED) is 0.391. The standard InChI is InChI=1S/C14H21F7O2/c15-12(16,13(17,18)14(19,20)21)8-4-2-1-3-5-9-22-11-7-6-10-23-11/h11H,1-10H2. The van der Waals surface area contributed by atoms with E-state index in [0.717, 1.165) is 12.8 Å². The summed E-state index contributed by atoms with van der Waals surface area (Å²) < 4.78 is 97.6. The van der Waals surface area contributed by atoms with Gasteiger partial charge < -0.3 is 9.47 Å². The molecule has 1 unspecified atom stereocenters. The van der Waals surface area contributed by atoms with Gasteiger partial charge in [0, 0.05) is 26.1 Å². The predicted octanol–water partition coefficient (Wildman–Crippen LogP) is 5.31. The Bertz CT molecular complexity index is 339. The summed E-state index contributed by atoms with van der Waals surface area (Å²) in [5.41, 5.74) is 0. The number of rotatable bonds is 10. The average Bonchev–Trinajstić information content (AvgIpc) is 2.93. The third-order valence-electron chi connectivity index (χ3n) is 3.64. The van der Waals surface area contributed by atoms with E-state index in [1.165, 1.54) is 0 Å². The summed E-state index contributed by atoms with van der Waals surface area (Å²) in [6.07, 6.45) is -4.58. The fourth-order valence-electron chi connectivity index (χ4n) is 2.24. The van der Waals surface area contributed by atoms with E-state index < -0.39 is 24.4 Å². The largest absolute Gasteiger partial charge is 0.459 e. The maximum Gasteiger partial charge on any atom is 0.459 e. The second-order valence-corrected chi connectivity index (χ2v) is 5.61. The highest BCUT2D eigenvalue weighted by molar-refractivity contribution is 4.90. The summed E-state index contributed by atoms with van der Waals surface area (Å²) in [7, 11) is 0. The number of hydrogen-bond donors (Lipinski definition) is 0. The van der Waals surface area contributed by atoms with Crippen molar-refractivity contribution in [1.82, 2.24) is 0 Å². The van der Waals surface area contributed by atoms with Crippen molar-refractivity contribution in [3.8, 4) is 0 Å². The lowest BCUT2D eigenvalue weighted by Gasteiger charge is -2.28. The van der Waals surface area contributed by atoms with Gasteiger partial charge in [-0.3, -0.25) is 0 Å². The van der Waals surface area contributed by atoms with Gasteiger partial charge in [0.05, 0.1) is 0 Å². The molecule has 0 radical (unpaired) electrons. The van der Waals surface area contributed by atoms with E-state index in [-0.39, 0.29) is 19.1 Å². The Morgan fingerprint density at radius 3 is 2.04 bits per heavy atom. The van der Waals surface area contributed by atoms with Crippen molar-refractivity contribution in [2.24, 2.45) is 0 Å². The van der Waals surface area contributed by atoms with Crippen molar-refractivity contribution in [3.05, 3.63) is 0 Å². The molecule has 1 saturated heterocycles. The van der Waals surface area contributed by atoms with Crippen LogP contribution < -0.4 is 0 Å². The summed E-state index contributed by atoms with van der Waals surface area (Å²) in [6, 6.07) is 0. The van der Waals surface area contributed by atoms with Crippen LogP contribution >= 0.6 is 0 Å². The highest BCUT2D eigenvalue weighted by atomic mass is 19.4. The molecule has 1 heterocycles. The van der Waals surface area contributed by atoms with Gasteiger partial charge in [-0.05, 0) is 19.3 Å². The van der Waals surface area contributed by atoms with Crippen LogP contribution in [0.2, 0.25) is 0 Å². The van der Waals surface area contributed by atoms with Crippen LogP contribution in [0.3, 0.4) is 0 Å². The summed E-state index contributed by atoms with van der Waals surface area (Å²) in [5, 5.41) is 0. The van der Waals surface area contributed by atoms with Gasteiger partial charge in [0.2, 0.25) is 0 Å². The second kappa shape index (κ2) is 8.50. The zero-order valence-electron chi connectivity index (χ0n) is 12.6. The molecule has 0 aromatic heterocycles. The SMILES string of the molecule is FC(F)(F)C(F)(F)C(F)(F)CCCCCCCOC1CCCO1. The molecule has 0 spiro atoms. The normalized spacial score (nSPS) is 20.2. The van der Waals surface area contributed by atoms with Crippen molar-refractivity contribution in [2.75, 3.05) is 13.2 Å². The highest BCUT2D eigenvalue weighted by Crippen LogP contribution is 2.48. The fourth-order valence-corrected chi connectivity index (χ4v) is 2.24. The number of alkyl halides is 7. The van der Waals surface area contributed by atoms with Crippen molar-refractivity contribution in [1.29, 1.82) is 0 Å². The van der Waals surface area contributed by atoms with E-state index in [1.807, 2.05) is 0 Å². The van der Waals surface area contributed by atoms with E-state index in [2.05, 4.69) is 0 Å². The Morgan fingerprint density at radius 2 is 1.48 bits per heavy atom. The molecule has 1 fully saturated rings. The van der Waals surface area contributed by atoms with Gasteiger partial charge in [0.15, 0.2) is 6.29 Å². The highest BCUT2D eigenvalue weighted by Gasteiger charge is 2.72. The van der Waals surface area contributed by atoms with E-state index in [0.29, 0.717) is 32.5 Å². The van der Waals surface area contributed by atoms with E-state index in [1.54, 1.807) is 0 Å². The predicted molar refractivity (Wildman–Crippen MR) is 68.6 cm³/mol. The van der Waals surface area contributed by atoms with E-state index in [9.17, 15) is 30.7 Å². The molecule has 0 aromatic rings. The molecule has 138 valence electrons. The van der Waals surface area contributed by atoms with Crippen LogP contribution in [-0.2, 0) is 9.47 Å². The maximum absolute atomic E-state index is 13.0. The lowest BCUT2D eigenvalue weighted by molar-refractivity contribution is -0.355. The molecule has 1 atom stereocenters. The molecule has 1 rings (SSSR count). The Balaban J connectivity index is 2.09. The number of hydrogen-bond acceptors (Lipinski definition) is 2. The molecule has 2 nitrogen and oxygen atoms in total. The zero-order chi connectivity index (χ0) is 17.6. The Kier molecular flexibility index (Phi) is 7.57. The molecule has 1 aliphatic heterocycles. The minimum atomic E-state index is -6.24. The molecular formula is C14H21F7O2. The first kappa shape index (κ1) is 20.5. The fraction of sp³-hybridized carbons (Fsp3) is 1.00. The molecule has 0 aromatic carbocycles. The van der Waals surface area contributed by atoms with Gasteiger partial charge in [0.1, 0.15) is 0 Å². The molecular weight excluding hydrogens is 333 g/mol. The van der Waals surface area contributed by atoms with Crippen molar-refractivity contribution >= 4 is 0 Å². The van der Waals surface area contributed by atoms with E-state index >= 15 is 0 Å². The van der Waals surface area contributed by atoms with Crippen molar-refractivity contribution in [3.63, 3.8) is 0 Å². The number of unbranched alkanes of at least 4 members (excludes halogenated alkanes) is 4. The summed E-state index contributed by atoms with van der Waals surface area (Å²) in [4.78, 5) is 0. The van der Waals surface area contributed by atoms with E-state index in [4.69, 9.17) is 9.47 Å². The topological polar surface area (TPSA) is 18.5 Å². The lowest BCUT2D eigenvalue weighted by Crippen LogP contribution is -2.51. The smallest absolute Gasteiger partial charge is 0.353 e. The molecule has 23 heavy (non-hydrogen) atoms. The van der Waals surface area contributed by atoms with Gasteiger partial charge in [-0.25, -0.2) is 0 Å². The van der Waals surface area contributed by atoms with Crippen molar-refractivity contribution < 1.29 is 40.2 Å². The first-order chi connectivity index (χ1) is 10.6. The molecule has 0 saturated carbocycles. The molecule has 1 aliphatic rings. The van der Waals surface area contributed by atoms with Crippen LogP contribution in [0.1, 0.15) is 51.4 Å². The van der Waals surface area contributed by atoms with Gasteiger partial charge in [0.25, 0.3) is 0 Å². The summed E-state index contributed by atoms with van der Waals surface area (Å²) in [5.74, 6) is -11.1. The monoisotopic (exact) mass is 354 g/mol. The molecule has 0 aliphatic carbocycles. The maximum atomic E-state index is 13.0. The van der Waals surface area contributed by atoms with Crippen LogP contribution in [-0.4, -0.2) is 37.5 Å².